The Morgan fingerprint density at radius 2 is 1.86 bits per heavy atom. The number of ether oxygens (including phenoxy) is 2. The number of carbonyl (C=O) groups excluding carboxylic acids is 2. The van der Waals surface area contributed by atoms with Gasteiger partial charge in [-0.3, -0.25) is 9.59 Å². The summed E-state index contributed by atoms with van der Waals surface area (Å²) in [5, 5.41) is 7.08. The number of nitrogens with one attached hydrogen (secondary N) is 1. The Hall–Kier alpha value is -3.65. The molecule has 194 valence electrons. The van der Waals surface area contributed by atoms with Crippen LogP contribution < -0.4 is 10.1 Å². The SMILES string of the molecule is Cc1noc(C)c1-c1ccc2c(c1)Cc1cccc(c1)C(=O)NCCN(C(=O)C1CCOCC1)CCO2. The molecule has 37 heavy (non-hydrogen) atoms. The van der Waals surface area contributed by atoms with Crippen LogP contribution in [0.15, 0.2) is 47.0 Å². The van der Waals surface area contributed by atoms with Crippen LogP contribution in [0.4, 0.5) is 0 Å². The summed E-state index contributed by atoms with van der Waals surface area (Å²) in [6.45, 7) is 6.68. The van der Waals surface area contributed by atoms with Crippen molar-refractivity contribution >= 4 is 11.8 Å². The third-order valence-electron chi connectivity index (χ3n) is 7.13. The summed E-state index contributed by atoms with van der Waals surface area (Å²) in [6, 6.07) is 13.7. The lowest BCUT2D eigenvalue weighted by Gasteiger charge is -2.29. The predicted molar refractivity (Wildman–Crippen MR) is 139 cm³/mol. The summed E-state index contributed by atoms with van der Waals surface area (Å²) < 4.78 is 17.1. The van der Waals surface area contributed by atoms with Crippen LogP contribution in [0.2, 0.25) is 0 Å². The lowest BCUT2D eigenvalue weighted by atomic mass is 9.96. The Labute approximate surface area is 216 Å². The molecular formula is C29H33N3O5. The lowest BCUT2D eigenvalue weighted by Crippen LogP contribution is -2.44. The van der Waals surface area contributed by atoms with Gasteiger partial charge in [0.2, 0.25) is 5.91 Å². The number of hydrogen-bond acceptors (Lipinski definition) is 6. The highest BCUT2D eigenvalue weighted by Gasteiger charge is 2.26. The van der Waals surface area contributed by atoms with Gasteiger partial charge < -0.3 is 24.2 Å². The molecule has 3 heterocycles. The average molecular weight is 504 g/mol. The molecule has 5 rings (SSSR count). The van der Waals surface area contributed by atoms with Crippen molar-refractivity contribution in [3.8, 4) is 16.9 Å². The summed E-state index contributed by atoms with van der Waals surface area (Å²) in [5.74, 6) is 1.44. The van der Waals surface area contributed by atoms with Gasteiger partial charge >= 0.3 is 0 Å². The van der Waals surface area contributed by atoms with E-state index in [1.807, 2.05) is 55.1 Å². The number of rotatable bonds is 2. The van der Waals surface area contributed by atoms with E-state index in [1.54, 1.807) is 0 Å². The maximum atomic E-state index is 13.3. The molecule has 2 aromatic carbocycles. The number of amides is 2. The van der Waals surface area contributed by atoms with Crippen molar-refractivity contribution in [2.75, 3.05) is 39.5 Å². The Kier molecular flexibility index (Phi) is 7.55. The summed E-state index contributed by atoms with van der Waals surface area (Å²) in [7, 11) is 0. The van der Waals surface area contributed by atoms with E-state index >= 15 is 0 Å². The lowest BCUT2D eigenvalue weighted by molar-refractivity contribution is -0.138. The van der Waals surface area contributed by atoms with Crippen LogP contribution in [0.5, 0.6) is 5.75 Å². The van der Waals surface area contributed by atoms with Gasteiger partial charge in [-0.1, -0.05) is 23.4 Å². The smallest absolute Gasteiger partial charge is 0.251 e. The zero-order valence-electron chi connectivity index (χ0n) is 21.4. The number of benzene rings is 2. The van der Waals surface area contributed by atoms with Crippen molar-refractivity contribution in [3.63, 3.8) is 0 Å². The van der Waals surface area contributed by atoms with Gasteiger partial charge in [0.05, 0.1) is 12.2 Å². The molecule has 0 radical (unpaired) electrons. The molecule has 1 aromatic heterocycles. The van der Waals surface area contributed by atoms with Gasteiger partial charge in [0.15, 0.2) is 0 Å². The topological polar surface area (TPSA) is 93.9 Å². The molecule has 1 N–H and O–H groups in total. The van der Waals surface area contributed by atoms with Gasteiger partial charge in [-0.15, -0.1) is 0 Å². The molecule has 1 saturated heterocycles. The minimum absolute atomic E-state index is 0.0510. The third-order valence-corrected chi connectivity index (χ3v) is 7.13. The molecule has 0 spiro atoms. The first-order chi connectivity index (χ1) is 18.0. The van der Waals surface area contributed by atoms with Crippen molar-refractivity contribution < 1.29 is 23.6 Å². The minimum atomic E-state index is -0.140. The zero-order valence-corrected chi connectivity index (χ0v) is 21.4. The summed E-state index contributed by atoms with van der Waals surface area (Å²) in [5.41, 5.74) is 5.42. The molecule has 2 aliphatic heterocycles. The highest BCUT2D eigenvalue weighted by atomic mass is 16.5. The van der Waals surface area contributed by atoms with Crippen LogP contribution in [-0.2, 0) is 16.0 Å². The Bertz CT molecular complexity index is 1260. The van der Waals surface area contributed by atoms with Gasteiger partial charge in [-0.25, -0.2) is 0 Å². The van der Waals surface area contributed by atoms with Crippen molar-refractivity contribution in [2.24, 2.45) is 5.92 Å². The third kappa shape index (κ3) is 5.69. The highest BCUT2D eigenvalue weighted by molar-refractivity contribution is 5.94. The second-order valence-electron chi connectivity index (χ2n) is 9.72. The fourth-order valence-corrected chi connectivity index (χ4v) is 5.16. The standard InChI is InChI=1S/C29H33N3O5/c1-19-27(20(2)37-31-19)23-6-7-26-25(18-23)17-21-4-3-5-24(16-21)28(33)30-10-11-32(12-15-36-26)29(34)22-8-13-35-14-9-22/h3-7,16,18,22H,8-15,17H2,1-2H3,(H,30,33). The van der Waals surface area contributed by atoms with Crippen LogP contribution in [0.25, 0.3) is 11.1 Å². The van der Waals surface area contributed by atoms with Crippen LogP contribution in [-0.4, -0.2) is 61.3 Å². The van der Waals surface area contributed by atoms with Crippen molar-refractivity contribution in [2.45, 2.75) is 33.1 Å². The molecular weight excluding hydrogens is 470 g/mol. The van der Waals surface area contributed by atoms with Gasteiger partial charge in [0.1, 0.15) is 18.1 Å². The minimum Gasteiger partial charge on any atom is -0.491 e. The number of hydrogen-bond donors (Lipinski definition) is 1. The molecule has 0 saturated carbocycles. The number of carbonyl (C=O) groups is 2. The molecule has 0 unspecified atom stereocenters. The maximum Gasteiger partial charge on any atom is 0.251 e. The van der Waals surface area contributed by atoms with Crippen molar-refractivity contribution in [1.82, 2.24) is 15.4 Å². The molecule has 0 aliphatic carbocycles. The van der Waals surface area contributed by atoms with E-state index in [-0.39, 0.29) is 17.7 Å². The predicted octanol–water partition coefficient (Wildman–Crippen LogP) is 3.93. The van der Waals surface area contributed by atoms with E-state index in [2.05, 4.69) is 16.5 Å². The van der Waals surface area contributed by atoms with Crippen LogP contribution in [0, 0.1) is 19.8 Å². The van der Waals surface area contributed by atoms with E-state index in [4.69, 9.17) is 14.0 Å². The number of nitrogens with zero attached hydrogens (tertiary/aromatic N) is 2. The average Bonchev–Trinajstić information content (AvgIpc) is 3.25. The first-order valence-corrected chi connectivity index (χ1v) is 12.9. The largest absolute Gasteiger partial charge is 0.491 e. The summed E-state index contributed by atoms with van der Waals surface area (Å²) >= 11 is 0. The van der Waals surface area contributed by atoms with Gasteiger partial charge in [0, 0.05) is 49.8 Å². The first-order valence-electron chi connectivity index (χ1n) is 12.9. The fraction of sp³-hybridized carbons (Fsp3) is 0.414. The summed E-state index contributed by atoms with van der Waals surface area (Å²) in [4.78, 5) is 28.0. The van der Waals surface area contributed by atoms with Crippen molar-refractivity contribution in [1.29, 1.82) is 0 Å². The number of aromatic nitrogens is 1. The van der Waals surface area contributed by atoms with Crippen LogP contribution >= 0.6 is 0 Å². The van der Waals surface area contributed by atoms with Gasteiger partial charge in [-0.2, -0.15) is 0 Å². The molecule has 3 aromatic rings. The van der Waals surface area contributed by atoms with Gasteiger partial charge in [-0.05, 0) is 67.6 Å². The van der Waals surface area contributed by atoms with E-state index in [0.717, 1.165) is 52.3 Å². The number of aryl methyl sites for hydroxylation is 2. The van der Waals surface area contributed by atoms with Crippen LogP contribution in [0.3, 0.4) is 0 Å². The zero-order chi connectivity index (χ0) is 25.8. The molecule has 2 amide bonds. The molecule has 2 bridgehead atoms. The van der Waals surface area contributed by atoms with Crippen molar-refractivity contribution in [3.05, 3.63) is 70.6 Å². The Morgan fingerprint density at radius 1 is 1.03 bits per heavy atom. The second kappa shape index (κ2) is 11.2. The van der Waals surface area contributed by atoms with E-state index in [1.165, 1.54) is 0 Å². The molecule has 0 atom stereocenters. The monoisotopic (exact) mass is 503 g/mol. The van der Waals surface area contributed by atoms with Crippen LogP contribution in [0.1, 0.15) is 45.8 Å². The van der Waals surface area contributed by atoms with E-state index in [9.17, 15) is 9.59 Å². The molecule has 8 heteroatoms. The first kappa shape index (κ1) is 25.0. The Morgan fingerprint density at radius 3 is 2.65 bits per heavy atom. The summed E-state index contributed by atoms with van der Waals surface area (Å²) in [6.07, 6.45) is 2.05. The van der Waals surface area contributed by atoms with E-state index < -0.39 is 0 Å². The molecule has 8 nitrogen and oxygen atoms in total. The number of fused-ring (bicyclic) bond motifs is 3. The highest BCUT2D eigenvalue weighted by Crippen LogP contribution is 2.32. The molecule has 1 fully saturated rings. The van der Waals surface area contributed by atoms with Gasteiger partial charge in [0.25, 0.3) is 5.91 Å². The quantitative estimate of drug-likeness (QED) is 0.570. The fourth-order valence-electron chi connectivity index (χ4n) is 5.16. The maximum absolute atomic E-state index is 13.3. The second-order valence-corrected chi connectivity index (χ2v) is 9.72. The van der Waals surface area contributed by atoms with E-state index in [0.29, 0.717) is 51.4 Å². The molecule has 2 aliphatic rings. The Balaban J connectivity index is 1.46. The normalized spacial score (nSPS) is 17.4.